The summed E-state index contributed by atoms with van der Waals surface area (Å²) in [6, 6.07) is 12.2. The number of hydrogen-bond donors (Lipinski definition) is 1. The summed E-state index contributed by atoms with van der Waals surface area (Å²) in [6.07, 6.45) is 6.81. The van der Waals surface area contributed by atoms with E-state index < -0.39 is 0 Å². The van der Waals surface area contributed by atoms with E-state index >= 15 is 0 Å². The molecule has 1 saturated heterocycles. The van der Waals surface area contributed by atoms with Crippen LogP contribution in [-0.4, -0.2) is 34.7 Å². The predicted molar refractivity (Wildman–Crippen MR) is 99.3 cm³/mol. The van der Waals surface area contributed by atoms with Gasteiger partial charge in [0.25, 0.3) is 0 Å². The van der Waals surface area contributed by atoms with Crippen LogP contribution in [0.5, 0.6) is 5.75 Å². The van der Waals surface area contributed by atoms with Crippen molar-refractivity contribution in [3.05, 3.63) is 59.9 Å². The minimum atomic E-state index is 0.132. The van der Waals surface area contributed by atoms with Gasteiger partial charge in [0, 0.05) is 36.7 Å². The van der Waals surface area contributed by atoms with Gasteiger partial charge in [-0.15, -0.1) is 0 Å². The van der Waals surface area contributed by atoms with Crippen LogP contribution < -0.4 is 4.74 Å². The summed E-state index contributed by atoms with van der Waals surface area (Å²) in [7, 11) is 0. The number of ether oxygens (including phenoxy) is 1. The lowest BCUT2D eigenvalue weighted by atomic mass is 9.77. The van der Waals surface area contributed by atoms with Gasteiger partial charge in [-0.25, -0.2) is 0 Å². The Hall–Kier alpha value is -1.91. The van der Waals surface area contributed by atoms with Crippen molar-refractivity contribution in [2.24, 2.45) is 5.41 Å². The number of likely N-dealkylation sites (tertiary alicyclic amines) is 1. The van der Waals surface area contributed by atoms with Crippen LogP contribution in [0.3, 0.4) is 0 Å². The van der Waals surface area contributed by atoms with Crippen molar-refractivity contribution < 1.29 is 9.84 Å². The summed E-state index contributed by atoms with van der Waals surface area (Å²) in [5.41, 5.74) is 2.43. The van der Waals surface area contributed by atoms with Crippen LogP contribution in [0.2, 0.25) is 0 Å². The maximum atomic E-state index is 9.70. The van der Waals surface area contributed by atoms with Crippen LogP contribution in [0.25, 0.3) is 0 Å². The molecule has 0 unspecified atom stereocenters. The number of aliphatic hydroxyl groups excluding tert-OH is 1. The number of nitrogens with zero attached hydrogens (tertiary/aromatic N) is 2. The van der Waals surface area contributed by atoms with Gasteiger partial charge in [0.1, 0.15) is 12.4 Å². The van der Waals surface area contributed by atoms with Gasteiger partial charge in [-0.3, -0.25) is 9.88 Å². The molecule has 3 rings (SSSR count). The molecule has 0 radical (unpaired) electrons. The van der Waals surface area contributed by atoms with Gasteiger partial charge >= 0.3 is 0 Å². The first kappa shape index (κ1) is 17.9. The number of benzene rings is 1. The Morgan fingerprint density at radius 2 is 1.96 bits per heavy atom. The minimum Gasteiger partial charge on any atom is -0.489 e. The van der Waals surface area contributed by atoms with Crippen LogP contribution in [-0.2, 0) is 13.2 Å². The number of para-hydroxylation sites is 1. The van der Waals surface area contributed by atoms with Crippen LogP contribution in [0.1, 0.15) is 37.3 Å². The Morgan fingerprint density at radius 1 is 1.16 bits per heavy atom. The molecule has 25 heavy (non-hydrogen) atoms. The van der Waals surface area contributed by atoms with Gasteiger partial charge in [0.15, 0.2) is 0 Å². The second kappa shape index (κ2) is 8.45. The van der Waals surface area contributed by atoms with Crippen molar-refractivity contribution in [2.75, 3.05) is 19.7 Å². The normalized spacial score (nSPS) is 17.4. The van der Waals surface area contributed by atoms with Gasteiger partial charge in [-0.05, 0) is 49.9 Å². The Morgan fingerprint density at radius 3 is 2.64 bits per heavy atom. The zero-order valence-electron chi connectivity index (χ0n) is 15.0. The first-order chi connectivity index (χ1) is 12.2. The molecule has 1 aromatic heterocycles. The second-order valence-electron chi connectivity index (χ2n) is 7.05. The molecular formula is C21H28N2O2. The third kappa shape index (κ3) is 4.59. The fourth-order valence-electron chi connectivity index (χ4n) is 3.47. The smallest absolute Gasteiger partial charge is 0.124 e. The number of pyridine rings is 1. The molecule has 1 aliphatic rings. The molecule has 0 spiro atoms. The quantitative estimate of drug-likeness (QED) is 0.836. The maximum absolute atomic E-state index is 9.70. The first-order valence-corrected chi connectivity index (χ1v) is 9.17. The molecule has 2 heterocycles. The highest BCUT2D eigenvalue weighted by Gasteiger charge is 2.32. The molecule has 4 heteroatoms. The largest absolute Gasteiger partial charge is 0.489 e. The zero-order chi connectivity index (χ0) is 17.5. The lowest BCUT2D eigenvalue weighted by molar-refractivity contribution is 0.0379. The van der Waals surface area contributed by atoms with Crippen molar-refractivity contribution in [1.29, 1.82) is 0 Å². The third-order valence-electron chi connectivity index (χ3n) is 5.49. The van der Waals surface area contributed by atoms with E-state index in [0.717, 1.165) is 50.2 Å². The molecule has 0 aliphatic carbocycles. The average Bonchev–Trinajstić information content (AvgIpc) is 2.69. The standard InChI is InChI=1S/C21H28N2O2/c1-2-21(17-24)9-12-23(13-10-21)15-19-7-3-4-8-20(19)25-16-18-6-5-11-22-14-18/h3-8,11,14,24H,2,9-10,12-13,15-17H2,1H3. The summed E-state index contributed by atoms with van der Waals surface area (Å²) < 4.78 is 6.04. The zero-order valence-corrected chi connectivity index (χ0v) is 15.0. The fourth-order valence-corrected chi connectivity index (χ4v) is 3.47. The van der Waals surface area contributed by atoms with Crippen LogP contribution in [0.15, 0.2) is 48.8 Å². The van der Waals surface area contributed by atoms with Crippen LogP contribution in [0, 0.1) is 5.41 Å². The van der Waals surface area contributed by atoms with E-state index in [1.54, 1.807) is 6.20 Å². The lowest BCUT2D eigenvalue weighted by Gasteiger charge is -2.40. The summed E-state index contributed by atoms with van der Waals surface area (Å²) in [5.74, 6) is 0.945. The van der Waals surface area contributed by atoms with E-state index in [-0.39, 0.29) is 5.41 Å². The van der Waals surface area contributed by atoms with Crippen LogP contribution >= 0.6 is 0 Å². The van der Waals surface area contributed by atoms with Crippen LogP contribution in [0.4, 0.5) is 0 Å². The Labute approximate surface area is 150 Å². The lowest BCUT2D eigenvalue weighted by Crippen LogP contribution is -2.41. The van der Waals surface area contributed by atoms with Crippen molar-refractivity contribution in [2.45, 2.75) is 39.3 Å². The van der Waals surface area contributed by atoms with E-state index in [9.17, 15) is 5.11 Å². The molecule has 0 amide bonds. The topological polar surface area (TPSA) is 45.6 Å². The molecule has 0 atom stereocenters. The summed E-state index contributed by atoms with van der Waals surface area (Å²) >= 11 is 0. The molecule has 134 valence electrons. The number of aromatic nitrogens is 1. The third-order valence-corrected chi connectivity index (χ3v) is 5.49. The number of rotatable bonds is 7. The Bertz CT molecular complexity index is 646. The molecule has 1 fully saturated rings. The summed E-state index contributed by atoms with van der Waals surface area (Å²) in [6.45, 7) is 6.00. The molecule has 4 nitrogen and oxygen atoms in total. The van der Waals surface area contributed by atoms with E-state index in [4.69, 9.17) is 4.74 Å². The average molecular weight is 340 g/mol. The molecule has 2 aromatic rings. The highest BCUT2D eigenvalue weighted by atomic mass is 16.5. The predicted octanol–water partition coefficient (Wildman–Crippen LogP) is 3.65. The summed E-state index contributed by atoms with van der Waals surface area (Å²) in [4.78, 5) is 6.60. The highest BCUT2D eigenvalue weighted by Crippen LogP contribution is 2.35. The molecule has 1 N–H and O–H groups in total. The van der Waals surface area contributed by atoms with E-state index in [0.29, 0.717) is 13.2 Å². The van der Waals surface area contributed by atoms with Crippen molar-refractivity contribution in [3.8, 4) is 5.75 Å². The maximum Gasteiger partial charge on any atom is 0.124 e. The minimum absolute atomic E-state index is 0.132. The summed E-state index contributed by atoms with van der Waals surface area (Å²) in [5, 5.41) is 9.70. The second-order valence-corrected chi connectivity index (χ2v) is 7.05. The molecule has 0 bridgehead atoms. The number of hydrogen-bond acceptors (Lipinski definition) is 4. The Kier molecular flexibility index (Phi) is 6.05. The van der Waals surface area contributed by atoms with Crippen molar-refractivity contribution in [3.63, 3.8) is 0 Å². The van der Waals surface area contributed by atoms with Gasteiger partial charge < -0.3 is 9.84 Å². The van der Waals surface area contributed by atoms with Crippen molar-refractivity contribution in [1.82, 2.24) is 9.88 Å². The molecular weight excluding hydrogens is 312 g/mol. The van der Waals surface area contributed by atoms with E-state index in [1.165, 1.54) is 5.56 Å². The number of aliphatic hydroxyl groups is 1. The highest BCUT2D eigenvalue weighted by molar-refractivity contribution is 5.33. The molecule has 1 aliphatic heterocycles. The van der Waals surface area contributed by atoms with Crippen molar-refractivity contribution >= 4 is 0 Å². The monoisotopic (exact) mass is 340 g/mol. The molecule has 0 saturated carbocycles. The van der Waals surface area contributed by atoms with Gasteiger partial charge in [0.2, 0.25) is 0 Å². The Balaban J connectivity index is 1.60. The van der Waals surface area contributed by atoms with Gasteiger partial charge in [0.05, 0.1) is 0 Å². The van der Waals surface area contributed by atoms with E-state index in [1.807, 2.05) is 30.5 Å². The SMILES string of the molecule is CCC1(CO)CCN(Cc2ccccc2OCc2cccnc2)CC1. The molecule has 1 aromatic carbocycles. The number of piperidine rings is 1. The van der Waals surface area contributed by atoms with Gasteiger partial charge in [-0.1, -0.05) is 31.2 Å². The first-order valence-electron chi connectivity index (χ1n) is 9.17. The van der Waals surface area contributed by atoms with Gasteiger partial charge in [-0.2, -0.15) is 0 Å². The fraction of sp³-hybridized carbons (Fsp3) is 0.476. The van der Waals surface area contributed by atoms with E-state index in [2.05, 4.69) is 28.9 Å².